The summed E-state index contributed by atoms with van der Waals surface area (Å²) < 4.78 is 0. The van der Waals surface area contributed by atoms with Crippen molar-refractivity contribution in [1.29, 1.82) is 0 Å². The largest absolute Gasteiger partial charge is 0.481 e. The van der Waals surface area contributed by atoms with Gasteiger partial charge in [-0.3, -0.25) is 9.59 Å². The van der Waals surface area contributed by atoms with Crippen molar-refractivity contribution in [3.05, 3.63) is 0 Å². The van der Waals surface area contributed by atoms with Gasteiger partial charge in [0.05, 0.1) is 6.42 Å². The summed E-state index contributed by atoms with van der Waals surface area (Å²) in [6.07, 6.45) is 2.65. The van der Waals surface area contributed by atoms with Gasteiger partial charge in [0.25, 0.3) is 0 Å². The Hall–Kier alpha value is -1.79. The molecule has 1 atom stereocenters. The van der Waals surface area contributed by atoms with Gasteiger partial charge >= 0.3 is 12.0 Å². The number of amides is 3. The molecule has 1 rings (SSSR count). The summed E-state index contributed by atoms with van der Waals surface area (Å²) in [6, 6.07) is -1.19. The maximum absolute atomic E-state index is 12.3. The summed E-state index contributed by atoms with van der Waals surface area (Å²) in [5.74, 6) is -1.48. The molecule has 7 nitrogen and oxygen atoms in total. The molecule has 1 unspecified atom stereocenters. The number of urea groups is 1. The van der Waals surface area contributed by atoms with Crippen LogP contribution in [0.3, 0.4) is 0 Å². The number of piperazine rings is 1. The normalized spacial score (nSPS) is 18.6. The average molecular weight is 285 g/mol. The van der Waals surface area contributed by atoms with Crippen LogP contribution >= 0.6 is 0 Å². The lowest BCUT2D eigenvalue weighted by Crippen LogP contribution is -2.60. The Morgan fingerprint density at radius 1 is 1.45 bits per heavy atom. The van der Waals surface area contributed by atoms with Crippen LogP contribution in [0.15, 0.2) is 0 Å². The van der Waals surface area contributed by atoms with Gasteiger partial charge < -0.3 is 20.2 Å². The quantitative estimate of drug-likeness (QED) is 0.696. The third-order valence-electron chi connectivity index (χ3n) is 3.37. The van der Waals surface area contributed by atoms with Crippen molar-refractivity contribution < 1.29 is 19.5 Å². The summed E-state index contributed by atoms with van der Waals surface area (Å²) >= 11 is 0. The maximum Gasteiger partial charge on any atom is 0.320 e. The van der Waals surface area contributed by atoms with Gasteiger partial charge in [0.2, 0.25) is 5.91 Å². The van der Waals surface area contributed by atoms with Crippen molar-refractivity contribution in [2.24, 2.45) is 0 Å². The van der Waals surface area contributed by atoms with Crippen molar-refractivity contribution in [2.75, 3.05) is 26.7 Å². The first-order valence-corrected chi connectivity index (χ1v) is 6.98. The van der Waals surface area contributed by atoms with Crippen LogP contribution in [0.25, 0.3) is 0 Å². The zero-order valence-electron chi connectivity index (χ0n) is 12.1. The van der Waals surface area contributed by atoms with E-state index in [-0.39, 0.29) is 12.5 Å². The highest BCUT2D eigenvalue weighted by atomic mass is 16.4. The number of hydrogen-bond donors (Lipinski definition) is 2. The Balaban J connectivity index is 2.66. The second-order valence-electron chi connectivity index (χ2n) is 5.01. The van der Waals surface area contributed by atoms with Gasteiger partial charge in [-0.25, -0.2) is 4.79 Å². The van der Waals surface area contributed by atoms with Gasteiger partial charge in [-0.15, -0.1) is 0 Å². The molecular formula is C13H23N3O4. The summed E-state index contributed by atoms with van der Waals surface area (Å²) in [5.41, 5.74) is 0. The van der Waals surface area contributed by atoms with Crippen molar-refractivity contribution >= 4 is 17.9 Å². The highest BCUT2D eigenvalue weighted by Crippen LogP contribution is 2.12. The molecule has 2 N–H and O–H groups in total. The van der Waals surface area contributed by atoms with Gasteiger partial charge in [0.15, 0.2) is 0 Å². The zero-order chi connectivity index (χ0) is 15.1. The van der Waals surface area contributed by atoms with Crippen molar-refractivity contribution in [3.63, 3.8) is 0 Å². The molecule has 0 spiro atoms. The van der Waals surface area contributed by atoms with E-state index in [4.69, 9.17) is 5.11 Å². The lowest BCUT2D eigenvalue weighted by molar-refractivity contribution is -0.142. The number of nitrogens with zero attached hydrogens (tertiary/aromatic N) is 2. The molecule has 1 aliphatic heterocycles. The van der Waals surface area contributed by atoms with Crippen molar-refractivity contribution in [1.82, 2.24) is 15.1 Å². The van der Waals surface area contributed by atoms with Crippen LogP contribution in [-0.4, -0.2) is 65.5 Å². The third kappa shape index (κ3) is 4.40. The van der Waals surface area contributed by atoms with Gasteiger partial charge in [-0.05, 0) is 6.42 Å². The fourth-order valence-corrected chi connectivity index (χ4v) is 2.23. The van der Waals surface area contributed by atoms with Crippen LogP contribution in [0.5, 0.6) is 0 Å². The molecule has 1 aliphatic rings. The van der Waals surface area contributed by atoms with E-state index < -0.39 is 17.9 Å². The molecule has 1 fully saturated rings. The molecule has 3 amide bonds. The SMILES string of the molecule is CCCCCN(C)C(=O)N1CCNC(=O)C1CC(=O)O. The van der Waals surface area contributed by atoms with Crippen LogP contribution in [0.2, 0.25) is 0 Å². The van der Waals surface area contributed by atoms with Crippen LogP contribution in [0.1, 0.15) is 32.6 Å². The van der Waals surface area contributed by atoms with E-state index in [1.165, 1.54) is 4.90 Å². The Kier molecular flexibility index (Phi) is 6.27. The number of carboxylic acids is 1. The van der Waals surface area contributed by atoms with E-state index >= 15 is 0 Å². The molecule has 1 heterocycles. The fraction of sp³-hybridized carbons (Fsp3) is 0.769. The van der Waals surface area contributed by atoms with Crippen LogP contribution in [0.4, 0.5) is 4.79 Å². The van der Waals surface area contributed by atoms with Gasteiger partial charge in [0, 0.05) is 26.7 Å². The fourth-order valence-electron chi connectivity index (χ4n) is 2.23. The molecule has 0 aromatic carbocycles. The number of nitrogens with one attached hydrogen (secondary N) is 1. The lowest BCUT2D eigenvalue weighted by atomic mass is 10.1. The molecule has 114 valence electrons. The Labute approximate surface area is 118 Å². The Bertz CT molecular complexity index is 373. The second-order valence-corrected chi connectivity index (χ2v) is 5.01. The van der Waals surface area contributed by atoms with Crippen LogP contribution < -0.4 is 5.32 Å². The first-order chi connectivity index (χ1) is 9.47. The topological polar surface area (TPSA) is 90.0 Å². The van der Waals surface area contributed by atoms with Crippen molar-refractivity contribution in [3.8, 4) is 0 Å². The number of aliphatic carboxylic acids is 1. The maximum atomic E-state index is 12.3. The summed E-state index contributed by atoms with van der Waals surface area (Å²) in [6.45, 7) is 3.41. The highest BCUT2D eigenvalue weighted by molar-refractivity contribution is 5.91. The lowest BCUT2D eigenvalue weighted by Gasteiger charge is -2.36. The number of hydrogen-bond acceptors (Lipinski definition) is 3. The standard InChI is InChI=1S/C13H23N3O4/c1-3-4-5-7-15(2)13(20)16-8-6-14-12(19)10(16)9-11(17)18/h10H,3-9H2,1-2H3,(H,14,19)(H,17,18). The summed E-state index contributed by atoms with van der Waals surface area (Å²) in [4.78, 5) is 37.8. The Morgan fingerprint density at radius 3 is 2.75 bits per heavy atom. The number of carbonyl (C=O) groups excluding carboxylic acids is 2. The first-order valence-electron chi connectivity index (χ1n) is 6.98. The molecule has 0 aromatic rings. The minimum Gasteiger partial charge on any atom is -0.481 e. The monoisotopic (exact) mass is 285 g/mol. The Morgan fingerprint density at radius 2 is 2.15 bits per heavy atom. The molecule has 0 aromatic heterocycles. The third-order valence-corrected chi connectivity index (χ3v) is 3.37. The molecule has 0 radical (unpaired) electrons. The van der Waals surface area contributed by atoms with Crippen molar-refractivity contribution in [2.45, 2.75) is 38.6 Å². The number of carboxylic acid groups (broad SMARTS) is 1. The minimum atomic E-state index is -1.08. The molecular weight excluding hydrogens is 262 g/mol. The van der Waals surface area contributed by atoms with Gasteiger partial charge in [-0.1, -0.05) is 19.8 Å². The number of carbonyl (C=O) groups is 3. The molecule has 0 saturated carbocycles. The number of rotatable bonds is 6. The molecule has 20 heavy (non-hydrogen) atoms. The van der Waals surface area contributed by atoms with E-state index in [2.05, 4.69) is 12.2 Å². The molecule has 0 bridgehead atoms. The molecule has 1 saturated heterocycles. The average Bonchev–Trinajstić information content (AvgIpc) is 2.40. The summed E-state index contributed by atoms with van der Waals surface area (Å²) in [7, 11) is 1.68. The van der Waals surface area contributed by atoms with Crippen LogP contribution in [0, 0.1) is 0 Å². The zero-order valence-corrected chi connectivity index (χ0v) is 12.1. The molecule has 7 heteroatoms. The van der Waals surface area contributed by atoms with E-state index in [9.17, 15) is 14.4 Å². The smallest absolute Gasteiger partial charge is 0.320 e. The van der Waals surface area contributed by atoms with E-state index in [0.29, 0.717) is 19.6 Å². The van der Waals surface area contributed by atoms with E-state index in [1.54, 1.807) is 11.9 Å². The predicted molar refractivity (Wildman–Crippen MR) is 73.3 cm³/mol. The predicted octanol–water partition coefficient (Wildman–Crippen LogP) is 0.504. The van der Waals surface area contributed by atoms with E-state index in [1.807, 2.05) is 0 Å². The highest BCUT2D eigenvalue weighted by Gasteiger charge is 2.35. The summed E-state index contributed by atoms with van der Waals surface area (Å²) in [5, 5.41) is 11.5. The van der Waals surface area contributed by atoms with Gasteiger partial charge in [0.1, 0.15) is 6.04 Å². The number of unbranched alkanes of at least 4 members (excludes halogenated alkanes) is 2. The second kappa shape index (κ2) is 7.72. The minimum absolute atomic E-state index is 0.276. The van der Waals surface area contributed by atoms with Gasteiger partial charge in [-0.2, -0.15) is 0 Å². The van der Waals surface area contributed by atoms with E-state index in [0.717, 1.165) is 19.3 Å². The molecule has 0 aliphatic carbocycles. The first kappa shape index (κ1) is 16.3. The van der Waals surface area contributed by atoms with Crippen LogP contribution in [-0.2, 0) is 9.59 Å².